The van der Waals surface area contributed by atoms with Gasteiger partial charge in [-0.05, 0) is 38.4 Å². The Bertz CT molecular complexity index is 315. The number of hydrogen-bond donors (Lipinski definition) is 2. The molecular formula is C12H21N3O. The third-order valence-electron chi connectivity index (χ3n) is 2.15. The van der Waals surface area contributed by atoms with Crippen molar-refractivity contribution >= 4 is 5.82 Å². The lowest BCUT2D eigenvalue weighted by atomic mass is 10.2. The van der Waals surface area contributed by atoms with Crippen molar-refractivity contribution in [3.8, 4) is 5.75 Å². The van der Waals surface area contributed by atoms with Crippen molar-refractivity contribution < 1.29 is 4.74 Å². The third-order valence-corrected chi connectivity index (χ3v) is 2.15. The molecule has 0 spiro atoms. The molecule has 3 N–H and O–H groups in total. The summed E-state index contributed by atoms with van der Waals surface area (Å²) in [5.74, 6) is 2.01. The van der Waals surface area contributed by atoms with Gasteiger partial charge in [0.15, 0.2) is 11.6 Å². The number of anilines is 1. The van der Waals surface area contributed by atoms with E-state index in [9.17, 15) is 0 Å². The monoisotopic (exact) mass is 223 g/mol. The summed E-state index contributed by atoms with van der Waals surface area (Å²) in [6, 6.07) is 3.79. The lowest BCUT2D eigenvalue weighted by molar-refractivity contribution is 0.243. The van der Waals surface area contributed by atoms with Crippen molar-refractivity contribution in [3.63, 3.8) is 0 Å². The largest absolute Gasteiger partial charge is 0.487 e. The van der Waals surface area contributed by atoms with Gasteiger partial charge in [0.05, 0.1) is 6.10 Å². The highest BCUT2D eigenvalue weighted by atomic mass is 16.5. The highest BCUT2D eigenvalue weighted by molar-refractivity contribution is 5.49. The molecule has 0 aromatic carbocycles. The lowest BCUT2D eigenvalue weighted by Crippen LogP contribution is -2.20. The summed E-state index contributed by atoms with van der Waals surface area (Å²) in [6.45, 7) is 7.57. The molecule has 0 aliphatic heterocycles. The summed E-state index contributed by atoms with van der Waals surface area (Å²) in [4.78, 5) is 4.26. The van der Waals surface area contributed by atoms with E-state index < -0.39 is 0 Å². The van der Waals surface area contributed by atoms with Gasteiger partial charge in [-0.2, -0.15) is 0 Å². The second kappa shape index (κ2) is 6.33. The maximum absolute atomic E-state index is 5.66. The zero-order chi connectivity index (χ0) is 12.0. The molecule has 0 saturated carbocycles. The molecule has 1 aromatic heterocycles. The average Bonchev–Trinajstić information content (AvgIpc) is 2.26. The Hall–Kier alpha value is -1.29. The van der Waals surface area contributed by atoms with Gasteiger partial charge in [-0.3, -0.25) is 0 Å². The quantitative estimate of drug-likeness (QED) is 0.773. The van der Waals surface area contributed by atoms with Crippen LogP contribution in [0.15, 0.2) is 18.3 Å². The first-order valence-electron chi connectivity index (χ1n) is 5.69. The number of ether oxygens (including phenoxy) is 1. The van der Waals surface area contributed by atoms with Crippen LogP contribution in [0.2, 0.25) is 0 Å². The highest BCUT2D eigenvalue weighted by Gasteiger charge is 2.07. The number of nitrogens with two attached hydrogens (primary N) is 1. The van der Waals surface area contributed by atoms with Crippen molar-refractivity contribution in [2.45, 2.75) is 26.9 Å². The average molecular weight is 223 g/mol. The van der Waals surface area contributed by atoms with Gasteiger partial charge < -0.3 is 15.8 Å². The van der Waals surface area contributed by atoms with E-state index in [0.717, 1.165) is 18.1 Å². The molecule has 1 heterocycles. The van der Waals surface area contributed by atoms with E-state index in [0.29, 0.717) is 12.5 Å². The van der Waals surface area contributed by atoms with Crippen LogP contribution >= 0.6 is 0 Å². The molecule has 1 atom stereocenters. The Labute approximate surface area is 97.2 Å². The minimum absolute atomic E-state index is 0.150. The van der Waals surface area contributed by atoms with Gasteiger partial charge in [0.25, 0.3) is 0 Å². The first-order valence-corrected chi connectivity index (χ1v) is 5.69. The van der Waals surface area contributed by atoms with Crippen molar-refractivity contribution in [1.82, 2.24) is 4.98 Å². The van der Waals surface area contributed by atoms with Crippen LogP contribution in [0.3, 0.4) is 0 Å². The van der Waals surface area contributed by atoms with Crippen LogP contribution in [0.4, 0.5) is 5.82 Å². The Balaban J connectivity index is 2.63. The predicted molar refractivity (Wildman–Crippen MR) is 66.7 cm³/mol. The fourth-order valence-corrected chi connectivity index (χ4v) is 1.23. The summed E-state index contributed by atoms with van der Waals surface area (Å²) >= 11 is 0. The van der Waals surface area contributed by atoms with Gasteiger partial charge in [-0.25, -0.2) is 4.98 Å². The van der Waals surface area contributed by atoms with Crippen LogP contribution in [0.25, 0.3) is 0 Å². The molecule has 16 heavy (non-hydrogen) atoms. The van der Waals surface area contributed by atoms with Crippen molar-refractivity contribution in [2.75, 3.05) is 18.4 Å². The van der Waals surface area contributed by atoms with Crippen molar-refractivity contribution in [2.24, 2.45) is 11.7 Å². The molecule has 0 bridgehead atoms. The first kappa shape index (κ1) is 12.8. The molecule has 0 aliphatic rings. The van der Waals surface area contributed by atoms with Crippen LogP contribution in [0.5, 0.6) is 5.75 Å². The normalized spacial score (nSPS) is 12.6. The van der Waals surface area contributed by atoms with E-state index in [-0.39, 0.29) is 6.10 Å². The molecule has 0 amide bonds. The predicted octanol–water partition coefficient (Wildman–Crippen LogP) is 1.88. The fraction of sp³-hybridized carbons (Fsp3) is 0.583. The maximum atomic E-state index is 5.66. The summed E-state index contributed by atoms with van der Waals surface area (Å²) in [5, 5.41) is 3.25. The third kappa shape index (κ3) is 4.06. The van der Waals surface area contributed by atoms with Crippen LogP contribution < -0.4 is 15.8 Å². The number of nitrogens with one attached hydrogen (secondary N) is 1. The zero-order valence-corrected chi connectivity index (χ0v) is 10.2. The van der Waals surface area contributed by atoms with Gasteiger partial charge in [-0.15, -0.1) is 0 Å². The lowest BCUT2D eigenvalue weighted by Gasteiger charge is -2.16. The smallest absolute Gasteiger partial charge is 0.168 e. The molecule has 90 valence electrons. The molecule has 0 radical (unpaired) electrons. The van der Waals surface area contributed by atoms with Gasteiger partial charge in [-0.1, -0.05) is 6.92 Å². The Morgan fingerprint density at radius 3 is 2.81 bits per heavy atom. The highest BCUT2D eigenvalue weighted by Crippen LogP contribution is 2.22. The van der Waals surface area contributed by atoms with Crippen LogP contribution in [-0.4, -0.2) is 24.2 Å². The molecule has 1 rings (SSSR count). The van der Waals surface area contributed by atoms with Gasteiger partial charge in [0.1, 0.15) is 0 Å². The van der Waals surface area contributed by atoms with E-state index in [1.807, 2.05) is 26.0 Å². The summed E-state index contributed by atoms with van der Waals surface area (Å²) in [5.41, 5.74) is 5.56. The van der Waals surface area contributed by atoms with E-state index in [2.05, 4.69) is 17.2 Å². The molecule has 4 heteroatoms. The molecule has 0 saturated heterocycles. The second-order valence-corrected chi connectivity index (χ2v) is 4.24. The topological polar surface area (TPSA) is 60.2 Å². The molecule has 0 fully saturated rings. The van der Waals surface area contributed by atoms with Crippen molar-refractivity contribution in [3.05, 3.63) is 18.3 Å². The maximum Gasteiger partial charge on any atom is 0.168 e. The molecular weight excluding hydrogens is 202 g/mol. The second-order valence-electron chi connectivity index (χ2n) is 4.24. The minimum atomic E-state index is 0.150. The summed E-state index contributed by atoms with van der Waals surface area (Å²) < 4.78 is 5.66. The van der Waals surface area contributed by atoms with Gasteiger partial charge in [0.2, 0.25) is 0 Å². The van der Waals surface area contributed by atoms with Gasteiger partial charge >= 0.3 is 0 Å². The van der Waals surface area contributed by atoms with Crippen molar-refractivity contribution in [1.29, 1.82) is 0 Å². The van der Waals surface area contributed by atoms with Crippen LogP contribution in [-0.2, 0) is 0 Å². The number of hydrogen-bond acceptors (Lipinski definition) is 4. The van der Waals surface area contributed by atoms with E-state index in [1.165, 1.54) is 0 Å². The Morgan fingerprint density at radius 1 is 1.44 bits per heavy atom. The summed E-state index contributed by atoms with van der Waals surface area (Å²) in [7, 11) is 0. The molecule has 1 aromatic rings. The molecule has 4 nitrogen and oxygen atoms in total. The van der Waals surface area contributed by atoms with Crippen LogP contribution in [0.1, 0.15) is 20.8 Å². The van der Waals surface area contributed by atoms with E-state index >= 15 is 0 Å². The summed E-state index contributed by atoms with van der Waals surface area (Å²) in [6.07, 6.45) is 1.90. The fourth-order valence-electron chi connectivity index (χ4n) is 1.23. The van der Waals surface area contributed by atoms with Crippen LogP contribution in [0, 0.1) is 5.92 Å². The molecule has 0 aliphatic carbocycles. The standard InChI is InChI=1S/C12H21N3O/c1-9(2)16-11-5-4-6-14-12(11)15-8-10(3)7-13/h4-6,9-10H,7-8,13H2,1-3H3,(H,14,15). The zero-order valence-electron chi connectivity index (χ0n) is 10.2. The number of aromatic nitrogens is 1. The molecule has 1 unspecified atom stereocenters. The number of rotatable bonds is 6. The number of nitrogens with zero attached hydrogens (tertiary/aromatic N) is 1. The number of pyridine rings is 1. The van der Waals surface area contributed by atoms with Gasteiger partial charge in [0, 0.05) is 12.7 Å². The van der Waals surface area contributed by atoms with E-state index in [1.54, 1.807) is 6.20 Å². The first-order chi connectivity index (χ1) is 7.63. The minimum Gasteiger partial charge on any atom is -0.487 e. The Morgan fingerprint density at radius 2 is 2.19 bits per heavy atom. The Kier molecular flexibility index (Phi) is 5.05. The SMILES string of the molecule is CC(CN)CNc1ncccc1OC(C)C. The van der Waals surface area contributed by atoms with E-state index in [4.69, 9.17) is 10.5 Å².